The van der Waals surface area contributed by atoms with E-state index in [1.54, 1.807) is 7.11 Å². The molecule has 2 aromatic rings. The van der Waals surface area contributed by atoms with Crippen LogP contribution in [0.3, 0.4) is 0 Å². The number of hydrogen-bond donors (Lipinski definition) is 1. The van der Waals surface area contributed by atoms with Gasteiger partial charge in [-0.3, -0.25) is 0 Å². The lowest BCUT2D eigenvalue weighted by molar-refractivity contribution is 0.306. The van der Waals surface area contributed by atoms with Crippen LogP contribution in [0, 0.1) is 6.92 Å². The molecule has 3 nitrogen and oxygen atoms in total. The van der Waals surface area contributed by atoms with Gasteiger partial charge in [0, 0.05) is 18.2 Å². The molecular weight excluding hydrogens is 262 g/mol. The fourth-order valence-corrected chi connectivity index (χ4v) is 2.25. The molecule has 112 valence electrons. The highest BCUT2D eigenvalue weighted by molar-refractivity contribution is 5.39. The molecule has 0 aromatic heterocycles. The van der Waals surface area contributed by atoms with Crippen LogP contribution in [0.5, 0.6) is 11.5 Å². The molecule has 3 heteroatoms. The molecule has 0 spiro atoms. The van der Waals surface area contributed by atoms with Crippen molar-refractivity contribution in [3.8, 4) is 11.5 Å². The Labute approximate surface area is 126 Å². The topological polar surface area (TPSA) is 30.5 Å². The second-order valence-electron chi connectivity index (χ2n) is 5.08. The average Bonchev–Trinajstić information content (AvgIpc) is 2.52. The summed E-state index contributed by atoms with van der Waals surface area (Å²) in [5, 5.41) is 3.46. The number of methoxy groups -OCH3 is 1. The maximum absolute atomic E-state index is 5.67. The van der Waals surface area contributed by atoms with Crippen molar-refractivity contribution < 1.29 is 9.47 Å². The van der Waals surface area contributed by atoms with Gasteiger partial charge < -0.3 is 14.8 Å². The van der Waals surface area contributed by atoms with E-state index in [1.807, 2.05) is 30.3 Å². The minimum atomic E-state index is 0.222. The van der Waals surface area contributed by atoms with Crippen LogP contribution < -0.4 is 14.8 Å². The van der Waals surface area contributed by atoms with E-state index in [2.05, 4.69) is 37.4 Å². The Bertz CT molecular complexity index is 554. The minimum absolute atomic E-state index is 0.222. The molecule has 0 aliphatic carbocycles. The van der Waals surface area contributed by atoms with Crippen LogP contribution in [0.15, 0.2) is 48.5 Å². The minimum Gasteiger partial charge on any atom is -0.496 e. The fourth-order valence-electron chi connectivity index (χ4n) is 2.25. The third-order valence-electron chi connectivity index (χ3n) is 3.42. The summed E-state index contributed by atoms with van der Waals surface area (Å²) < 4.78 is 11.1. The van der Waals surface area contributed by atoms with Crippen molar-refractivity contribution >= 4 is 0 Å². The summed E-state index contributed by atoms with van der Waals surface area (Å²) in [7, 11) is 1.71. The quantitative estimate of drug-likeness (QED) is 0.786. The van der Waals surface area contributed by atoms with E-state index < -0.39 is 0 Å². The SMILES string of the molecule is COc1cc(C)ccc1C(C)NCCOc1ccccc1. The molecule has 0 aliphatic rings. The van der Waals surface area contributed by atoms with Gasteiger partial charge in [0.05, 0.1) is 7.11 Å². The van der Waals surface area contributed by atoms with E-state index in [1.165, 1.54) is 11.1 Å². The van der Waals surface area contributed by atoms with Crippen LogP contribution in [0.4, 0.5) is 0 Å². The van der Waals surface area contributed by atoms with Gasteiger partial charge >= 0.3 is 0 Å². The third kappa shape index (κ3) is 4.50. The molecule has 21 heavy (non-hydrogen) atoms. The molecule has 0 fully saturated rings. The predicted octanol–water partition coefficient (Wildman–Crippen LogP) is 3.73. The highest BCUT2D eigenvalue weighted by Crippen LogP contribution is 2.25. The van der Waals surface area contributed by atoms with Crippen LogP contribution in [0.25, 0.3) is 0 Å². The first-order valence-electron chi connectivity index (χ1n) is 7.26. The number of hydrogen-bond acceptors (Lipinski definition) is 3. The summed E-state index contributed by atoms with van der Waals surface area (Å²) >= 11 is 0. The van der Waals surface area contributed by atoms with Crippen LogP contribution in [0.1, 0.15) is 24.1 Å². The molecule has 1 unspecified atom stereocenters. The molecule has 1 N–H and O–H groups in total. The molecule has 0 radical (unpaired) electrons. The van der Waals surface area contributed by atoms with E-state index in [9.17, 15) is 0 Å². The molecule has 2 rings (SSSR count). The molecule has 1 atom stereocenters. The van der Waals surface area contributed by atoms with E-state index in [-0.39, 0.29) is 6.04 Å². The monoisotopic (exact) mass is 285 g/mol. The van der Waals surface area contributed by atoms with Crippen molar-refractivity contribution in [2.75, 3.05) is 20.3 Å². The Morgan fingerprint density at radius 1 is 1.10 bits per heavy atom. The van der Waals surface area contributed by atoms with Crippen LogP contribution in [-0.4, -0.2) is 20.3 Å². The molecule has 0 saturated carbocycles. The normalized spacial score (nSPS) is 12.0. The maximum Gasteiger partial charge on any atom is 0.123 e. The standard InChI is InChI=1S/C18H23NO2/c1-14-9-10-17(18(13-14)20-3)15(2)19-11-12-21-16-7-5-4-6-8-16/h4-10,13,15,19H,11-12H2,1-3H3. The molecule has 0 saturated heterocycles. The van der Waals surface area contributed by atoms with Crippen molar-refractivity contribution in [2.45, 2.75) is 19.9 Å². The second-order valence-corrected chi connectivity index (χ2v) is 5.08. The second kappa shape index (κ2) is 7.70. The summed E-state index contributed by atoms with van der Waals surface area (Å²) in [6.07, 6.45) is 0. The lowest BCUT2D eigenvalue weighted by atomic mass is 10.1. The smallest absolute Gasteiger partial charge is 0.123 e. The zero-order valence-electron chi connectivity index (χ0n) is 12.9. The third-order valence-corrected chi connectivity index (χ3v) is 3.42. The summed E-state index contributed by atoms with van der Waals surface area (Å²) in [5.74, 6) is 1.83. The van der Waals surface area contributed by atoms with Gasteiger partial charge in [0.2, 0.25) is 0 Å². The molecule has 0 bridgehead atoms. The Morgan fingerprint density at radius 2 is 1.86 bits per heavy atom. The van der Waals surface area contributed by atoms with Crippen LogP contribution >= 0.6 is 0 Å². The van der Waals surface area contributed by atoms with Gasteiger partial charge in [0.25, 0.3) is 0 Å². The van der Waals surface area contributed by atoms with Gasteiger partial charge in [-0.2, -0.15) is 0 Å². The van der Waals surface area contributed by atoms with Crippen molar-refractivity contribution in [1.82, 2.24) is 5.32 Å². The predicted molar refractivity (Wildman–Crippen MR) is 86.1 cm³/mol. The highest BCUT2D eigenvalue weighted by atomic mass is 16.5. The molecule has 0 aliphatic heterocycles. The van der Waals surface area contributed by atoms with Gasteiger partial charge in [0.1, 0.15) is 18.1 Å². The van der Waals surface area contributed by atoms with Crippen molar-refractivity contribution in [3.63, 3.8) is 0 Å². The van der Waals surface area contributed by atoms with Crippen LogP contribution in [-0.2, 0) is 0 Å². The van der Waals surface area contributed by atoms with Gasteiger partial charge in [-0.25, -0.2) is 0 Å². The van der Waals surface area contributed by atoms with Crippen molar-refractivity contribution in [3.05, 3.63) is 59.7 Å². The van der Waals surface area contributed by atoms with E-state index in [4.69, 9.17) is 9.47 Å². The number of ether oxygens (including phenoxy) is 2. The Morgan fingerprint density at radius 3 is 2.57 bits per heavy atom. The first kappa shape index (κ1) is 15.4. The van der Waals surface area contributed by atoms with E-state index in [0.717, 1.165) is 18.0 Å². The van der Waals surface area contributed by atoms with E-state index >= 15 is 0 Å². The van der Waals surface area contributed by atoms with Gasteiger partial charge in [-0.05, 0) is 37.6 Å². The van der Waals surface area contributed by atoms with Crippen LogP contribution in [0.2, 0.25) is 0 Å². The van der Waals surface area contributed by atoms with Crippen molar-refractivity contribution in [2.24, 2.45) is 0 Å². The number of para-hydroxylation sites is 1. The largest absolute Gasteiger partial charge is 0.496 e. The van der Waals surface area contributed by atoms with Crippen molar-refractivity contribution in [1.29, 1.82) is 0 Å². The first-order valence-corrected chi connectivity index (χ1v) is 7.26. The Hall–Kier alpha value is -2.00. The number of nitrogens with one attached hydrogen (secondary N) is 1. The van der Waals surface area contributed by atoms with Gasteiger partial charge in [-0.15, -0.1) is 0 Å². The number of benzene rings is 2. The zero-order chi connectivity index (χ0) is 15.1. The molecule has 0 amide bonds. The molecular formula is C18H23NO2. The summed E-state index contributed by atoms with van der Waals surface area (Å²) in [6, 6.07) is 16.4. The Kier molecular flexibility index (Phi) is 5.64. The lowest BCUT2D eigenvalue weighted by Crippen LogP contribution is -2.24. The number of rotatable bonds is 7. The highest BCUT2D eigenvalue weighted by Gasteiger charge is 2.10. The summed E-state index contributed by atoms with van der Waals surface area (Å²) in [4.78, 5) is 0. The average molecular weight is 285 g/mol. The number of aryl methyl sites for hydroxylation is 1. The van der Waals surface area contributed by atoms with E-state index in [0.29, 0.717) is 6.61 Å². The fraction of sp³-hybridized carbons (Fsp3) is 0.333. The summed E-state index contributed by atoms with van der Waals surface area (Å²) in [6.45, 7) is 5.63. The first-order chi connectivity index (χ1) is 10.2. The Balaban J connectivity index is 1.83. The zero-order valence-corrected chi connectivity index (χ0v) is 12.9. The molecule has 2 aromatic carbocycles. The van der Waals surface area contributed by atoms with Gasteiger partial charge in [-0.1, -0.05) is 30.3 Å². The van der Waals surface area contributed by atoms with Gasteiger partial charge in [0.15, 0.2) is 0 Å². The maximum atomic E-state index is 5.67. The summed E-state index contributed by atoms with van der Waals surface area (Å²) in [5.41, 5.74) is 2.37. The lowest BCUT2D eigenvalue weighted by Gasteiger charge is -2.18. The molecule has 0 heterocycles.